The number of nitrogens with one attached hydrogen (secondary N) is 1. The van der Waals surface area contributed by atoms with Crippen LogP contribution < -0.4 is 15.0 Å². The van der Waals surface area contributed by atoms with Crippen LogP contribution in [0.5, 0.6) is 5.75 Å². The summed E-state index contributed by atoms with van der Waals surface area (Å²) in [5.41, 5.74) is 5.08. The van der Waals surface area contributed by atoms with Crippen molar-refractivity contribution in [1.29, 1.82) is 0 Å². The van der Waals surface area contributed by atoms with Gasteiger partial charge in [0.15, 0.2) is 0 Å². The van der Waals surface area contributed by atoms with Crippen molar-refractivity contribution >= 4 is 21.6 Å². The van der Waals surface area contributed by atoms with E-state index in [1.807, 2.05) is 38.1 Å². The Hall–Kier alpha value is -3.52. The van der Waals surface area contributed by atoms with E-state index in [-0.39, 0.29) is 29.2 Å². The maximum Gasteiger partial charge on any atom is 0.243 e. The number of carbonyl (C=O) groups is 1. The van der Waals surface area contributed by atoms with E-state index in [2.05, 4.69) is 40.5 Å². The number of rotatable bonds is 19. The third-order valence-electron chi connectivity index (χ3n) is 10.4. The average molecular weight is 752 g/mol. The van der Waals surface area contributed by atoms with Crippen molar-refractivity contribution in [3.8, 4) is 5.75 Å². The Labute approximate surface area is 315 Å². The maximum absolute atomic E-state index is 14.5. The van der Waals surface area contributed by atoms with Crippen LogP contribution in [0.25, 0.3) is 0 Å². The van der Waals surface area contributed by atoms with E-state index in [0.717, 1.165) is 53.2 Å². The third-order valence-corrected chi connectivity index (χ3v) is 12.3. The van der Waals surface area contributed by atoms with Crippen molar-refractivity contribution in [3.05, 3.63) is 89.0 Å². The smallest absolute Gasteiger partial charge is 0.243 e. The van der Waals surface area contributed by atoms with Crippen LogP contribution in [-0.2, 0) is 47.0 Å². The highest BCUT2D eigenvalue weighted by Gasteiger charge is 2.44. The summed E-state index contributed by atoms with van der Waals surface area (Å²) in [6.07, 6.45) is 1.95. The van der Waals surface area contributed by atoms with Crippen molar-refractivity contribution in [1.82, 2.24) is 9.62 Å². The molecule has 0 unspecified atom stereocenters. The van der Waals surface area contributed by atoms with Crippen LogP contribution in [0.3, 0.4) is 0 Å². The van der Waals surface area contributed by atoms with Crippen LogP contribution in [0.1, 0.15) is 60.8 Å². The predicted molar refractivity (Wildman–Crippen MR) is 206 cm³/mol. The number of benzene rings is 3. The van der Waals surface area contributed by atoms with Crippen LogP contribution in [0, 0.1) is 12.8 Å². The number of hydrogen-bond donors (Lipinski definition) is 1. The lowest BCUT2D eigenvalue weighted by molar-refractivity contribution is -0.125. The van der Waals surface area contributed by atoms with Crippen molar-refractivity contribution in [2.75, 3.05) is 72.2 Å². The van der Waals surface area contributed by atoms with Crippen LogP contribution in [-0.4, -0.2) is 98.1 Å². The normalized spacial score (nSPS) is 19.7. The SMILES string of the molecule is CC[C@H](C[C@H]1C[C@H](c2ccc(COCCOC)cc2)[C@@H](OCc2ccc3c(c2)N(CCCOC)CCO3)CN1S(=O)(=O)c1ccc(C)cc1)C(=O)NC. The predicted octanol–water partition coefficient (Wildman–Crippen LogP) is 5.69. The zero-order valence-corrected chi connectivity index (χ0v) is 32.7. The van der Waals surface area contributed by atoms with Gasteiger partial charge >= 0.3 is 0 Å². The Kier molecular flexibility index (Phi) is 15.1. The molecule has 1 fully saturated rings. The lowest BCUT2D eigenvalue weighted by atomic mass is 9.80. The molecule has 0 aliphatic carbocycles. The number of hydrogen-bond acceptors (Lipinski definition) is 9. The summed E-state index contributed by atoms with van der Waals surface area (Å²) in [5.74, 6) is 0.302. The fourth-order valence-electron chi connectivity index (χ4n) is 7.32. The Morgan fingerprint density at radius 3 is 2.40 bits per heavy atom. The Bertz CT molecular complexity index is 1700. The molecule has 0 spiro atoms. The summed E-state index contributed by atoms with van der Waals surface area (Å²) in [6, 6.07) is 21.0. The number of methoxy groups -OCH3 is 2. The molecule has 4 atom stereocenters. The third kappa shape index (κ3) is 10.6. The van der Waals surface area contributed by atoms with Crippen molar-refractivity contribution in [3.63, 3.8) is 0 Å². The number of piperidine rings is 1. The minimum Gasteiger partial charge on any atom is -0.490 e. The first-order valence-electron chi connectivity index (χ1n) is 18.7. The molecule has 2 aliphatic rings. The average Bonchev–Trinajstić information content (AvgIpc) is 3.18. The summed E-state index contributed by atoms with van der Waals surface area (Å²) in [6.45, 7) is 8.82. The highest BCUT2D eigenvalue weighted by atomic mass is 32.2. The number of nitrogens with zero attached hydrogens (tertiary/aromatic N) is 2. The van der Waals surface area contributed by atoms with Gasteiger partial charge in [-0.25, -0.2) is 8.42 Å². The number of ether oxygens (including phenoxy) is 5. The van der Waals surface area contributed by atoms with Gasteiger partial charge < -0.3 is 33.9 Å². The number of anilines is 1. The second-order valence-corrected chi connectivity index (χ2v) is 15.8. The zero-order valence-electron chi connectivity index (χ0n) is 31.9. The molecule has 3 aromatic carbocycles. The zero-order chi connectivity index (χ0) is 37.8. The van der Waals surface area contributed by atoms with Gasteiger partial charge in [-0.05, 0) is 73.6 Å². The second-order valence-electron chi connectivity index (χ2n) is 14.0. The molecular weight excluding hydrogens is 695 g/mol. The van der Waals surface area contributed by atoms with Crippen molar-refractivity contribution in [2.24, 2.45) is 5.92 Å². The van der Waals surface area contributed by atoms with Crippen molar-refractivity contribution in [2.45, 2.75) is 75.7 Å². The number of fused-ring (bicyclic) bond motifs is 1. The lowest BCUT2D eigenvalue weighted by Crippen LogP contribution is -2.53. The van der Waals surface area contributed by atoms with E-state index in [4.69, 9.17) is 23.7 Å². The molecule has 11 nitrogen and oxygen atoms in total. The molecule has 3 aromatic rings. The summed E-state index contributed by atoms with van der Waals surface area (Å²) < 4.78 is 59.5. The van der Waals surface area contributed by atoms with Gasteiger partial charge in [-0.15, -0.1) is 0 Å². The van der Waals surface area contributed by atoms with Crippen LogP contribution in [0.4, 0.5) is 5.69 Å². The first kappa shape index (κ1) is 40.7. The summed E-state index contributed by atoms with van der Waals surface area (Å²) >= 11 is 0. The summed E-state index contributed by atoms with van der Waals surface area (Å²) in [7, 11) is 1.07. The van der Waals surface area contributed by atoms with Gasteiger partial charge in [0.2, 0.25) is 15.9 Å². The van der Waals surface area contributed by atoms with E-state index in [1.54, 1.807) is 37.7 Å². The van der Waals surface area contributed by atoms with E-state index in [1.165, 1.54) is 0 Å². The van der Waals surface area contributed by atoms with E-state index >= 15 is 0 Å². The van der Waals surface area contributed by atoms with Gasteiger partial charge in [0, 0.05) is 58.8 Å². The number of aryl methyl sites for hydroxylation is 1. The number of sulfonamides is 1. The van der Waals surface area contributed by atoms with Gasteiger partial charge in [-0.2, -0.15) is 4.31 Å². The van der Waals surface area contributed by atoms with Gasteiger partial charge in [0.05, 0.1) is 49.7 Å². The molecule has 1 saturated heterocycles. The lowest BCUT2D eigenvalue weighted by Gasteiger charge is -2.44. The van der Waals surface area contributed by atoms with E-state index in [0.29, 0.717) is 58.9 Å². The largest absolute Gasteiger partial charge is 0.490 e. The van der Waals surface area contributed by atoms with Gasteiger partial charge in [-0.1, -0.05) is 55.0 Å². The molecule has 0 saturated carbocycles. The monoisotopic (exact) mass is 751 g/mol. The minimum absolute atomic E-state index is 0.0828. The molecule has 0 radical (unpaired) electrons. The highest BCUT2D eigenvalue weighted by Crippen LogP contribution is 2.40. The molecule has 12 heteroatoms. The summed E-state index contributed by atoms with van der Waals surface area (Å²) in [5, 5.41) is 2.79. The number of amides is 1. The van der Waals surface area contributed by atoms with Gasteiger partial charge in [0.25, 0.3) is 0 Å². The molecule has 290 valence electrons. The standard InChI is InChI=1S/C41H57N3O8S/c1-6-33(41(45)42-3)25-35-26-37(34-13-10-31(11-14-34)28-50-23-22-49-5)40(27-44(35)53(46,47)36-15-8-30(2)9-16-36)52-29-32-12-17-39-38(24-32)43(19-21-51-39)18-7-20-48-4/h8-17,24,33,35,37,40H,6-7,18-23,25-29H2,1-5H3,(H,42,45)/t33-,35+,37-,40+/m1/s1. The molecule has 0 aromatic heterocycles. The first-order chi connectivity index (χ1) is 25.7. The minimum atomic E-state index is -3.93. The Morgan fingerprint density at radius 1 is 0.962 bits per heavy atom. The van der Waals surface area contributed by atoms with Gasteiger partial charge in [-0.3, -0.25) is 4.79 Å². The van der Waals surface area contributed by atoms with Crippen molar-refractivity contribution < 1.29 is 36.9 Å². The Balaban J connectivity index is 1.46. The van der Waals surface area contributed by atoms with Crippen LogP contribution in [0.15, 0.2) is 71.6 Å². The van der Waals surface area contributed by atoms with E-state index < -0.39 is 22.2 Å². The van der Waals surface area contributed by atoms with E-state index in [9.17, 15) is 13.2 Å². The molecule has 1 amide bonds. The quantitative estimate of drug-likeness (QED) is 0.154. The molecule has 0 bridgehead atoms. The highest BCUT2D eigenvalue weighted by molar-refractivity contribution is 7.89. The molecular formula is C41H57N3O8S. The Morgan fingerprint density at radius 2 is 1.70 bits per heavy atom. The molecule has 5 rings (SSSR count). The fraction of sp³-hybridized carbons (Fsp3) is 0.537. The fourth-order valence-corrected chi connectivity index (χ4v) is 8.98. The first-order valence-corrected chi connectivity index (χ1v) is 20.2. The van der Waals surface area contributed by atoms with Crippen LogP contribution in [0.2, 0.25) is 0 Å². The molecule has 2 heterocycles. The number of carbonyl (C=O) groups excluding carboxylic acids is 1. The topological polar surface area (TPSA) is 116 Å². The molecule has 1 N–H and O–H groups in total. The van der Waals surface area contributed by atoms with Gasteiger partial charge in [0.1, 0.15) is 12.4 Å². The second kappa shape index (κ2) is 19.7. The maximum atomic E-state index is 14.5. The molecule has 2 aliphatic heterocycles. The summed E-state index contributed by atoms with van der Waals surface area (Å²) in [4.78, 5) is 15.5. The molecule has 53 heavy (non-hydrogen) atoms. The van der Waals surface area contributed by atoms with Crippen LogP contribution >= 0.6 is 0 Å².